The van der Waals surface area contributed by atoms with Gasteiger partial charge in [-0.3, -0.25) is 19.1 Å². The Hall–Kier alpha value is -4.72. The first kappa shape index (κ1) is 34.7. The highest BCUT2D eigenvalue weighted by Crippen LogP contribution is 2.60. The molecule has 3 aliphatic rings. The maximum atomic E-state index is 14.4. The standard InChI is InChI=1S/C37H40F3N7O4/c1-21-10-11-29(37(38,39)40)43-34(21)44-35(50)28-15-36-16-30(36)47(28)31(49)19-46-33-24(9-7-5-4-6-8-12-51-20-36)13-25(26-17-41-23(3)42-18-26)14-27(33)32(45-46)22(2)48/h10-11,13-14,17-18,28,30H,4-9,12,15-16,19-20H2,1-3H3,(H,43,44,50)/t28-,30+,36-/m0/s1. The van der Waals surface area contributed by atoms with Crippen molar-refractivity contribution >= 4 is 34.3 Å². The molecule has 0 spiro atoms. The highest BCUT2D eigenvalue weighted by molar-refractivity contribution is 6.07. The van der Waals surface area contributed by atoms with Gasteiger partial charge >= 0.3 is 6.18 Å². The molecule has 3 aromatic heterocycles. The minimum absolute atomic E-state index is 0.203. The monoisotopic (exact) mass is 703 g/mol. The number of carbonyl (C=O) groups excluding carboxylic acids is 3. The largest absolute Gasteiger partial charge is 0.433 e. The zero-order chi connectivity index (χ0) is 36.1. The van der Waals surface area contributed by atoms with Crippen LogP contribution in [0.2, 0.25) is 0 Å². The number of benzene rings is 1. The Balaban J connectivity index is 1.27. The van der Waals surface area contributed by atoms with Crippen LogP contribution in [-0.4, -0.2) is 72.5 Å². The molecule has 51 heavy (non-hydrogen) atoms. The van der Waals surface area contributed by atoms with Crippen molar-refractivity contribution in [3.8, 4) is 11.1 Å². The highest BCUT2D eigenvalue weighted by Gasteiger charge is 2.67. The van der Waals surface area contributed by atoms with Crippen LogP contribution in [0.5, 0.6) is 0 Å². The van der Waals surface area contributed by atoms with E-state index in [0.29, 0.717) is 54.8 Å². The van der Waals surface area contributed by atoms with E-state index in [9.17, 15) is 27.6 Å². The fourth-order valence-corrected chi connectivity index (χ4v) is 7.65. The number of ether oxygens (including phenoxy) is 1. The first-order valence-corrected chi connectivity index (χ1v) is 17.4. The summed E-state index contributed by atoms with van der Waals surface area (Å²) >= 11 is 0. The van der Waals surface area contributed by atoms with E-state index in [0.717, 1.165) is 54.9 Å². The van der Waals surface area contributed by atoms with Crippen LogP contribution in [0.1, 0.15) is 85.0 Å². The molecule has 2 amide bonds. The minimum Gasteiger partial charge on any atom is -0.381 e. The number of nitrogens with zero attached hydrogens (tertiary/aromatic N) is 6. The molecule has 1 saturated carbocycles. The van der Waals surface area contributed by atoms with Crippen molar-refractivity contribution in [2.75, 3.05) is 18.5 Å². The first-order valence-electron chi connectivity index (χ1n) is 17.4. The third kappa shape index (κ3) is 6.85. The molecule has 2 aliphatic heterocycles. The Bertz CT molecular complexity index is 2010. The van der Waals surface area contributed by atoms with Crippen LogP contribution in [-0.2, 0) is 33.5 Å². The molecule has 1 aromatic carbocycles. The van der Waals surface area contributed by atoms with Crippen molar-refractivity contribution in [1.29, 1.82) is 0 Å². The van der Waals surface area contributed by atoms with E-state index < -0.39 is 29.2 Å². The van der Waals surface area contributed by atoms with Crippen molar-refractivity contribution in [3.05, 3.63) is 65.0 Å². The Labute approximate surface area is 293 Å². The van der Waals surface area contributed by atoms with E-state index in [1.807, 2.05) is 19.1 Å². The molecule has 3 atom stereocenters. The van der Waals surface area contributed by atoms with Gasteiger partial charge in [0, 0.05) is 48.3 Å². The first-order chi connectivity index (χ1) is 24.3. The summed E-state index contributed by atoms with van der Waals surface area (Å²) in [4.78, 5) is 55.2. The van der Waals surface area contributed by atoms with Crippen LogP contribution in [0.25, 0.3) is 22.0 Å². The van der Waals surface area contributed by atoms with Crippen LogP contribution in [0.15, 0.2) is 36.7 Å². The average molecular weight is 704 g/mol. The van der Waals surface area contributed by atoms with Gasteiger partial charge in [0.2, 0.25) is 11.8 Å². The van der Waals surface area contributed by atoms with Gasteiger partial charge < -0.3 is 15.0 Å². The number of nitrogens with one attached hydrogen (secondary N) is 1. The molecule has 4 aromatic rings. The molecule has 0 radical (unpaired) electrons. The normalized spacial score (nSPS) is 22.8. The summed E-state index contributed by atoms with van der Waals surface area (Å²) in [5, 5.41) is 7.90. The molecule has 1 aliphatic carbocycles. The molecule has 2 bridgehead atoms. The second-order valence-electron chi connectivity index (χ2n) is 14.1. The maximum absolute atomic E-state index is 14.4. The second-order valence-corrected chi connectivity index (χ2v) is 14.1. The lowest BCUT2D eigenvalue weighted by atomic mass is 9.96. The van der Waals surface area contributed by atoms with Crippen molar-refractivity contribution < 1.29 is 32.3 Å². The molecule has 1 saturated heterocycles. The fraction of sp³-hybridized carbons (Fsp3) is 0.486. The number of alkyl halides is 3. The number of rotatable bonds is 4. The topological polar surface area (TPSA) is 132 Å². The van der Waals surface area contributed by atoms with Gasteiger partial charge in [-0.25, -0.2) is 15.0 Å². The Morgan fingerprint density at radius 3 is 2.49 bits per heavy atom. The van der Waals surface area contributed by atoms with Crippen LogP contribution in [0, 0.1) is 19.3 Å². The number of Topliss-reactive ketones (excluding diaryl/α,β-unsaturated/α-hetero) is 1. The number of halogens is 3. The number of pyridine rings is 1. The Morgan fingerprint density at radius 1 is 1.00 bits per heavy atom. The zero-order valence-electron chi connectivity index (χ0n) is 28.8. The number of amides is 2. The molecular formula is C37H40F3N7O4. The molecule has 14 heteroatoms. The fourth-order valence-electron chi connectivity index (χ4n) is 7.65. The summed E-state index contributed by atoms with van der Waals surface area (Å²) < 4.78 is 48.1. The number of anilines is 1. The van der Waals surface area contributed by atoms with Gasteiger partial charge in [-0.1, -0.05) is 25.3 Å². The number of aromatic nitrogens is 5. The maximum Gasteiger partial charge on any atom is 0.433 e. The van der Waals surface area contributed by atoms with Gasteiger partial charge in [-0.15, -0.1) is 0 Å². The second kappa shape index (κ2) is 13.4. The van der Waals surface area contributed by atoms with Gasteiger partial charge in [0.15, 0.2) is 5.78 Å². The Kier molecular flexibility index (Phi) is 9.15. The van der Waals surface area contributed by atoms with Gasteiger partial charge in [0.05, 0.1) is 12.1 Å². The predicted octanol–water partition coefficient (Wildman–Crippen LogP) is 6.25. The summed E-state index contributed by atoms with van der Waals surface area (Å²) in [7, 11) is 0. The SMILES string of the molecule is CC(=O)c1nn2c3c(cc(-c4cnc(C)nc4)cc13)CCCCCCCOC[C@@]13C[C@@H](C(=O)Nc4nc(C(F)(F)F)ccc4C)N(C(=O)C2)[C@@H]1C3. The number of ketones is 1. The summed E-state index contributed by atoms with van der Waals surface area (Å²) in [6, 6.07) is 4.82. The van der Waals surface area contributed by atoms with Gasteiger partial charge in [-0.2, -0.15) is 18.3 Å². The van der Waals surface area contributed by atoms with Crippen molar-refractivity contribution in [2.45, 2.75) is 96.9 Å². The number of hydrogen-bond donors (Lipinski definition) is 1. The molecule has 11 nitrogen and oxygen atoms in total. The van der Waals surface area contributed by atoms with Gasteiger partial charge in [-0.05, 0) is 80.8 Å². The van der Waals surface area contributed by atoms with E-state index in [4.69, 9.17) is 4.74 Å². The third-order valence-electron chi connectivity index (χ3n) is 10.4. The molecule has 7 rings (SSSR count). The van der Waals surface area contributed by atoms with Gasteiger partial charge in [0.1, 0.15) is 35.6 Å². The lowest BCUT2D eigenvalue weighted by Gasteiger charge is -2.27. The van der Waals surface area contributed by atoms with Crippen molar-refractivity contribution in [3.63, 3.8) is 0 Å². The van der Waals surface area contributed by atoms with E-state index >= 15 is 0 Å². The summed E-state index contributed by atoms with van der Waals surface area (Å²) in [5.74, 6) is -0.804. The lowest BCUT2D eigenvalue weighted by Crippen LogP contribution is -2.47. The molecule has 268 valence electrons. The number of aryl methyl sites for hydroxylation is 3. The number of piperidine rings is 1. The Morgan fingerprint density at radius 2 is 1.75 bits per heavy atom. The minimum atomic E-state index is -4.69. The average Bonchev–Trinajstić information content (AvgIpc) is 3.48. The van der Waals surface area contributed by atoms with Crippen LogP contribution in [0.4, 0.5) is 19.0 Å². The molecule has 0 unspecified atom stereocenters. The predicted molar refractivity (Wildman–Crippen MR) is 182 cm³/mol. The molecule has 5 heterocycles. The van der Waals surface area contributed by atoms with E-state index in [-0.39, 0.29) is 35.8 Å². The summed E-state index contributed by atoms with van der Waals surface area (Å²) in [6.45, 7) is 5.52. The van der Waals surface area contributed by atoms with Crippen LogP contribution < -0.4 is 5.32 Å². The third-order valence-corrected chi connectivity index (χ3v) is 10.4. The van der Waals surface area contributed by atoms with Gasteiger partial charge in [0.25, 0.3) is 0 Å². The summed E-state index contributed by atoms with van der Waals surface area (Å²) in [6.07, 6.45) is 5.25. The zero-order valence-corrected chi connectivity index (χ0v) is 28.8. The van der Waals surface area contributed by atoms with Crippen molar-refractivity contribution in [2.24, 2.45) is 5.41 Å². The number of carbonyl (C=O) groups is 3. The van der Waals surface area contributed by atoms with E-state index in [2.05, 4.69) is 25.4 Å². The quantitative estimate of drug-likeness (QED) is 0.247. The van der Waals surface area contributed by atoms with Crippen molar-refractivity contribution in [1.82, 2.24) is 29.6 Å². The molecule has 2 fully saturated rings. The highest BCUT2D eigenvalue weighted by atomic mass is 19.4. The van der Waals surface area contributed by atoms with E-state index in [1.54, 1.807) is 28.9 Å². The lowest BCUT2D eigenvalue weighted by molar-refractivity contribution is -0.141. The number of hydrogen-bond acceptors (Lipinski definition) is 8. The van der Waals surface area contributed by atoms with E-state index in [1.165, 1.54) is 13.0 Å². The molecular weight excluding hydrogens is 663 g/mol. The summed E-state index contributed by atoms with van der Waals surface area (Å²) in [5.41, 5.74) is 2.29. The van der Waals surface area contributed by atoms with Crippen LogP contribution >= 0.6 is 0 Å². The molecule has 1 N–H and O–H groups in total. The van der Waals surface area contributed by atoms with Crippen LogP contribution in [0.3, 0.4) is 0 Å². The smallest absolute Gasteiger partial charge is 0.381 e.